The predicted octanol–water partition coefficient (Wildman–Crippen LogP) is 4.96. The van der Waals surface area contributed by atoms with Crippen LogP contribution < -0.4 is 0 Å². The lowest BCUT2D eigenvalue weighted by Crippen LogP contribution is -1.96. The maximum atomic E-state index is 11.7. The molecule has 0 fully saturated rings. The van der Waals surface area contributed by atoms with Crippen molar-refractivity contribution in [2.75, 3.05) is 13.4 Å². The first-order valence-electron chi connectivity index (χ1n) is 7.00. The number of rotatable bonds is 5. The number of nitrogens with zero attached hydrogens (tertiary/aromatic N) is 2. The second kappa shape index (κ2) is 7.34. The largest absolute Gasteiger partial charge is 0.465 e. The number of carbonyl (C=O) groups is 1. The second-order valence-corrected chi connectivity index (χ2v) is 7.83. The average Bonchev–Trinajstić information content (AvgIpc) is 3.27. The number of methoxy groups -OCH3 is 1. The van der Waals surface area contributed by atoms with Crippen molar-refractivity contribution >= 4 is 46.1 Å². The van der Waals surface area contributed by atoms with Gasteiger partial charge in [0.2, 0.25) is 0 Å². The number of nitro groups is 1. The molecule has 0 aliphatic carbocycles. The van der Waals surface area contributed by atoms with E-state index in [2.05, 4.69) is 4.98 Å². The summed E-state index contributed by atoms with van der Waals surface area (Å²) in [5.41, 5.74) is 2.50. The fourth-order valence-corrected chi connectivity index (χ4v) is 4.93. The molecule has 9 heteroatoms. The van der Waals surface area contributed by atoms with E-state index in [1.54, 1.807) is 30.0 Å². The minimum Gasteiger partial charge on any atom is -0.465 e. The van der Waals surface area contributed by atoms with E-state index in [0.29, 0.717) is 4.88 Å². The van der Waals surface area contributed by atoms with Crippen LogP contribution in [-0.2, 0) is 4.74 Å². The van der Waals surface area contributed by atoms with Crippen molar-refractivity contribution in [3.63, 3.8) is 0 Å². The van der Waals surface area contributed by atoms with Gasteiger partial charge in [0.15, 0.2) is 0 Å². The number of hydrogen-bond acceptors (Lipinski definition) is 8. The molecule has 0 amide bonds. The Bertz CT molecular complexity index is 931. The quantitative estimate of drug-likeness (QED) is 0.264. The summed E-state index contributed by atoms with van der Waals surface area (Å²) >= 11 is 4.40. The summed E-state index contributed by atoms with van der Waals surface area (Å²) in [5.74, 6) is -0.362. The summed E-state index contributed by atoms with van der Waals surface area (Å²) in [6.45, 7) is 0. The molecule has 3 aromatic rings. The normalized spacial score (nSPS) is 10.6. The molecule has 6 nitrogen and oxygen atoms in total. The Morgan fingerprint density at radius 3 is 2.64 bits per heavy atom. The van der Waals surface area contributed by atoms with Crippen LogP contribution in [0.5, 0.6) is 0 Å². The van der Waals surface area contributed by atoms with Crippen molar-refractivity contribution in [3.8, 4) is 21.8 Å². The van der Waals surface area contributed by atoms with Crippen LogP contribution in [0.1, 0.15) is 9.67 Å². The Morgan fingerprint density at radius 2 is 2.04 bits per heavy atom. The highest BCUT2D eigenvalue weighted by molar-refractivity contribution is 8.00. The second-order valence-electron chi connectivity index (χ2n) is 4.85. The molecular formula is C16H12N2O4S3. The van der Waals surface area contributed by atoms with Crippen molar-refractivity contribution in [1.29, 1.82) is 0 Å². The molecule has 0 N–H and O–H groups in total. The van der Waals surface area contributed by atoms with Crippen LogP contribution in [0.4, 0.5) is 5.69 Å². The van der Waals surface area contributed by atoms with E-state index in [9.17, 15) is 14.9 Å². The third-order valence-corrected chi connectivity index (χ3v) is 6.50. The van der Waals surface area contributed by atoms with E-state index < -0.39 is 4.92 Å². The van der Waals surface area contributed by atoms with Crippen molar-refractivity contribution in [2.45, 2.75) is 4.21 Å². The van der Waals surface area contributed by atoms with Crippen molar-refractivity contribution in [1.82, 2.24) is 4.98 Å². The van der Waals surface area contributed by atoms with Crippen LogP contribution in [0.2, 0.25) is 0 Å². The van der Waals surface area contributed by atoms with Crippen molar-refractivity contribution < 1.29 is 14.5 Å². The summed E-state index contributed by atoms with van der Waals surface area (Å²) < 4.78 is 5.77. The van der Waals surface area contributed by atoms with Crippen LogP contribution in [0.3, 0.4) is 0 Å². The number of non-ortho nitro benzene ring substituents is 1. The van der Waals surface area contributed by atoms with Gasteiger partial charge in [-0.1, -0.05) is 0 Å². The molecular weight excluding hydrogens is 380 g/mol. The molecule has 2 aromatic heterocycles. The molecule has 25 heavy (non-hydrogen) atoms. The zero-order chi connectivity index (χ0) is 18.0. The number of ether oxygens (including phenoxy) is 1. The molecule has 0 aliphatic heterocycles. The smallest absolute Gasteiger partial charge is 0.348 e. The highest BCUT2D eigenvalue weighted by atomic mass is 32.2. The Labute approximate surface area is 155 Å². The van der Waals surface area contributed by atoms with Gasteiger partial charge in [-0.05, 0) is 24.5 Å². The molecule has 0 atom stereocenters. The number of nitro benzene ring substituents is 1. The molecule has 0 bridgehead atoms. The summed E-state index contributed by atoms with van der Waals surface area (Å²) in [4.78, 5) is 27.2. The average molecular weight is 392 g/mol. The van der Waals surface area contributed by atoms with Gasteiger partial charge in [0.05, 0.1) is 21.9 Å². The van der Waals surface area contributed by atoms with Crippen molar-refractivity contribution in [3.05, 3.63) is 50.7 Å². The van der Waals surface area contributed by atoms with E-state index in [4.69, 9.17) is 4.74 Å². The van der Waals surface area contributed by atoms with Crippen LogP contribution >= 0.6 is 34.4 Å². The number of benzene rings is 1. The summed E-state index contributed by atoms with van der Waals surface area (Å²) in [6.07, 6.45) is 1.95. The van der Waals surface area contributed by atoms with Gasteiger partial charge in [-0.25, -0.2) is 9.78 Å². The lowest BCUT2D eigenvalue weighted by molar-refractivity contribution is -0.384. The van der Waals surface area contributed by atoms with E-state index in [1.807, 2.05) is 11.6 Å². The maximum Gasteiger partial charge on any atom is 0.348 e. The molecule has 0 saturated carbocycles. The first-order chi connectivity index (χ1) is 12.0. The monoisotopic (exact) mass is 392 g/mol. The number of thioether (sulfide) groups is 1. The Morgan fingerprint density at radius 1 is 1.32 bits per heavy atom. The summed E-state index contributed by atoms with van der Waals surface area (Å²) in [6, 6.07) is 8.07. The zero-order valence-corrected chi connectivity index (χ0v) is 15.7. The van der Waals surface area contributed by atoms with Crippen LogP contribution in [0, 0.1) is 10.1 Å². The molecule has 1 aromatic carbocycles. The van der Waals surface area contributed by atoms with Gasteiger partial charge < -0.3 is 4.74 Å². The van der Waals surface area contributed by atoms with E-state index in [-0.39, 0.29) is 11.7 Å². The Kier molecular flexibility index (Phi) is 5.16. The number of hydrogen-bond donors (Lipinski definition) is 0. The lowest BCUT2D eigenvalue weighted by atomic mass is 10.1. The molecule has 128 valence electrons. The van der Waals surface area contributed by atoms with E-state index in [1.165, 1.54) is 41.9 Å². The summed E-state index contributed by atoms with van der Waals surface area (Å²) in [5, 5.41) is 13.4. The zero-order valence-electron chi connectivity index (χ0n) is 13.2. The molecule has 0 unspecified atom stereocenters. The highest BCUT2D eigenvalue weighted by Crippen LogP contribution is 2.40. The van der Waals surface area contributed by atoms with Crippen molar-refractivity contribution in [2.24, 2.45) is 0 Å². The van der Waals surface area contributed by atoms with Crippen LogP contribution in [0.25, 0.3) is 21.8 Å². The fourth-order valence-electron chi connectivity index (χ4n) is 2.16. The van der Waals surface area contributed by atoms with Gasteiger partial charge >= 0.3 is 5.97 Å². The van der Waals surface area contributed by atoms with Gasteiger partial charge in [-0.2, -0.15) is 0 Å². The standard InChI is InChI=1S/C16H12N2O4S3/c1-22-15(19)13-7-11(16(23-2)25-13)14-17-12(8-24-14)9-3-5-10(6-4-9)18(20)21/h3-8H,1-2H3. The number of carbonyl (C=O) groups excluding carboxylic acids is 1. The SMILES string of the molecule is COC(=O)c1cc(-c2nc(-c3ccc([N+](=O)[O-])cc3)cs2)c(SC)s1. The molecule has 0 radical (unpaired) electrons. The van der Waals surface area contributed by atoms with Gasteiger partial charge in [-0.3, -0.25) is 10.1 Å². The number of thiophene rings is 1. The van der Waals surface area contributed by atoms with Gasteiger partial charge in [-0.15, -0.1) is 34.4 Å². The van der Waals surface area contributed by atoms with Crippen LogP contribution in [-0.4, -0.2) is 29.2 Å². The maximum absolute atomic E-state index is 11.7. The third kappa shape index (κ3) is 3.58. The fraction of sp³-hybridized carbons (Fsp3) is 0.125. The van der Waals surface area contributed by atoms with Crippen LogP contribution in [0.15, 0.2) is 39.9 Å². The van der Waals surface area contributed by atoms with Gasteiger partial charge in [0.1, 0.15) is 9.88 Å². The first kappa shape index (κ1) is 17.6. The molecule has 2 heterocycles. The lowest BCUT2D eigenvalue weighted by Gasteiger charge is -1.97. The van der Waals surface area contributed by atoms with E-state index >= 15 is 0 Å². The van der Waals surface area contributed by atoms with Gasteiger partial charge in [0, 0.05) is 28.6 Å². The van der Waals surface area contributed by atoms with Gasteiger partial charge in [0.25, 0.3) is 5.69 Å². The molecule has 0 saturated heterocycles. The molecule has 0 spiro atoms. The summed E-state index contributed by atoms with van der Waals surface area (Å²) in [7, 11) is 1.36. The first-order valence-corrected chi connectivity index (χ1v) is 9.92. The van der Waals surface area contributed by atoms with E-state index in [0.717, 1.165) is 26.0 Å². The Hall–Kier alpha value is -2.23. The number of thiazole rings is 1. The predicted molar refractivity (Wildman–Crippen MR) is 101 cm³/mol. The molecule has 0 aliphatic rings. The minimum absolute atomic E-state index is 0.0458. The topological polar surface area (TPSA) is 82.3 Å². The number of aromatic nitrogens is 1. The number of esters is 1. The highest BCUT2D eigenvalue weighted by Gasteiger charge is 2.18. The minimum atomic E-state index is -0.430. The molecule has 3 rings (SSSR count). The third-order valence-electron chi connectivity index (χ3n) is 3.38. The Balaban J connectivity index is 1.94.